The first-order chi connectivity index (χ1) is 22.0. The number of aromatic nitrogens is 1. The fourth-order valence-corrected chi connectivity index (χ4v) is 5.31. The van der Waals surface area contributed by atoms with Crippen molar-refractivity contribution in [2.24, 2.45) is 10.9 Å². The molecular formula is C36H42ClN5O5. The molecule has 1 heterocycles. The largest absolute Gasteiger partial charge is 0.444 e. The number of guanidine groups is 1. The lowest BCUT2D eigenvalue weighted by Crippen LogP contribution is -2.47. The normalized spacial score (nSPS) is 16.3. The molecule has 2 aromatic carbocycles. The maximum absolute atomic E-state index is 13.1. The third-order valence-electron chi connectivity index (χ3n) is 7.26. The molecule has 10 nitrogen and oxygen atoms in total. The standard InChI is InChI=1S/C36H42ClN5O5/c1-35(2,3)46-33(44)41-32(42-34(45)47-36(4,5)6)40-27-16-9-23(10-17-27)19-30(43)24-12-7-22(8-13-24)11-18-28-29-20-26(37)15-14-25(29)21-39-31(28)38/h7-8,12-15,20-21,23,27H,9-10,16-17,19H2,1-6H3,(H2,38,39)(H2,40,41,42,44,45). The van der Waals surface area contributed by atoms with Crippen LogP contribution in [-0.2, 0) is 9.47 Å². The Balaban J connectivity index is 1.35. The van der Waals surface area contributed by atoms with Crippen molar-refractivity contribution in [3.8, 4) is 11.8 Å². The van der Waals surface area contributed by atoms with Gasteiger partial charge in [-0.25, -0.2) is 19.6 Å². The minimum Gasteiger partial charge on any atom is -0.444 e. The molecule has 0 bridgehead atoms. The van der Waals surface area contributed by atoms with Gasteiger partial charge < -0.3 is 15.2 Å². The van der Waals surface area contributed by atoms with E-state index in [9.17, 15) is 14.4 Å². The van der Waals surface area contributed by atoms with Crippen LogP contribution in [0.15, 0.2) is 53.7 Å². The number of anilines is 1. The van der Waals surface area contributed by atoms with Crippen LogP contribution < -0.4 is 16.4 Å². The number of carbonyl (C=O) groups excluding carboxylic acids is 3. The summed E-state index contributed by atoms with van der Waals surface area (Å²) in [5, 5.41) is 7.39. The number of nitrogens with one attached hydrogen (secondary N) is 2. The summed E-state index contributed by atoms with van der Waals surface area (Å²) in [7, 11) is 0. The first-order valence-corrected chi connectivity index (χ1v) is 16.0. The van der Waals surface area contributed by atoms with Crippen molar-refractivity contribution in [3.05, 3.63) is 70.4 Å². The van der Waals surface area contributed by atoms with E-state index in [1.807, 2.05) is 24.3 Å². The van der Waals surface area contributed by atoms with Gasteiger partial charge in [-0.05, 0) is 97.4 Å². The summed E-state index contributed by atoms with van der Waals surface area (Å²) < 4.78 is 10.7. The molecule has 1 fully saturated rings. The Hall–Kier alpha value is -4.62. The highest BCUT2D eigenvalue weighted by molar-refractivity contribution is 6.31. The molecule has 2 amide bonds. The number of Topliss-reactive ketones (excluding diaryl/α,β-unsaturated/α-hetero) is 1. The van der Waals surface area contributed by atoms with E-state index in [1.54, 1.807) is 65.9 Å². The molecule has 1 aromatic heterocycles. The Labute approximate surface area is 280 Å². The summed E-state index contributed by atoms with van der Waals surface area (Å²) in [4.78, 5) is 46.8. The van der Waals surface area contributed by atoms with Crippen molar-refractivity contribution in [1.82, 2.24) is 15.6 Å². The van der Waals surface area contributed by atoms with Gasteiger partial charge >= 0.3 is 12.2 Å². The minimum absolute atomic E-state index is 0.0283. The number of ether oxygens (including phenoxy) is 2. The van der Waals surface area contributed by atoms with Crippen molar-refractivity contribution >= 4 is 52.1 Å². The van der Waals surface area contributed by atoms with Gasteiger partial charge in [0.25, 0.3) is 0 Å². The van der Waals surface area contributed by atoms with Gasteiger partial charge in [0.05, 0.1) is 11.6 Å². The van der Waals surface area contributed by atoms with Crippen LogP contribution in [0, 0.1) is 17.8 Å². The summed E-state index contributed by atoms with van der Waals surface area (Å²) in [6.45, 7) is 10.5. The van der Waals surface area contributed by atoms with Crippen LogP contribution in [0.4, 0.5) is 15.4 Å². The lowest BCUT2D eigenvalue weighted by atomic mass is 9.82. The second-order valence-electron chi connectivity index (χ2n) is 13.6. The van der Waals surface area contributed by atoms with E-state index < -0.39 is 23.4 Å². The number of nitrogen functional groups attached to an aromatic ring is 1. The number of benzene rings is 2. The molecule has 4 N–H and O–H groups in total. The number of fused-ring (bicyclic) bond motifs is 1. The van der Waals surface area contributed by atoms with Gasteiger partial charge in [-0.3, -0.25) is 15.4 Å². The molecule has 3 aromatic rings. The first-order valence-electron chi connectivity index (χ1n) is 15.6. The van der Waals surface area contributed by atoms with Gasteiger partial charge in [-0.1, -0.05) is 41.6 Å². The number of hydrogen-bond donors (Lipinski definition) is 3. The summed E-state index contributed by atoms with van der Waals surface area (Å²) >= 11 is 6.19. The number of pyridine rings is 1. The number of rotatable bonds is 4. The molecule has 248 valence electrons. The Morgan fingerprint density at radius 3 is 2.09 bits per heavy atom. The third kappa shape index (κ3) is 11.0. The number of alkyl carbamates (subject to hydrolysis) is 2. The van der Waals surface area contributed by atoms with E-state index in [1.165, 1.54) is 0 Å². The molecule has 47 heavy (non-hydrogen) atoms. The molecule has 1 saturated carbocycles. The number of halogens is 1. The molecule has 0 aliphatic heterocycles. The average Bonchev–Trinajstić information content (AvgIpc) is 2.96. The molecule has 0 saturated heterocycles. The van der Waals surface area contributed by atoms with Gasteiger partial charge in [-0.2, -0.15) is 0 Å². The van der Waals surface area contributed by atoms with E-state index in [2.05, 4.69) is 32.5 Å². The highest BCUT2D eigenvalue weighted by Gasteiger charge is 2.26. The summed E-state index contributed by atoms with van der Waals surface area (Å²) in [6, 6.07) is 12.6. The Morgan fingerprint density at radius 2 is 1.51 bits per heavy atom. The van der Waals surface area contributed by atoms with Crippen LogP contribution in [0.5, 0.6) is 0 Å². The zero-order valence-electron chi connectivity index (χ0n) is 27.7. The predicted molar refractivity (Wildman–Crippen MR) is 184 cm³/mol. The maximum Gasteiger partial charge on any atom is 0.414 e. The molecule has 0 unspecified atom stereocenters. The smallest absolute Gasteiger partial charge is 0.414 e. The van der Waals surface area contributed by atoms with Crippen molar-refractivity contribution in [2.75, 3.05) is 5.73 Å². The summed E-state index contributed by atoms with van der Waals surface area (Å²) in [5.41, 5.74) is 6.64. The van der Waals surface area contributed by atoms with E-state index >= 15 is 0 Å². The number of aliphatic imine (C=N–C) groups is 1. The molecule has 1 aliphatic carbocycles. The van der Waals surface area contributed by atoms with Crippen molar-refractivity contribution < 1.29 is 23.9 Å². The van der Waals surface area contributed by atoms with Crippen molar-refractivity contribution in [3.63, 3.8) is 0 Å². The number of ketones is 1. The Kier molecular flexibility index (Phi) is 11.1. The molecule has 0 spiro atoms. The number of amides is 2. The van der Waals surface area contributed by atoms with Crippen molar-refractivity contribution in [2.45, 2.75) is 90.9 Å². The number of hydrogen-bond acceptors (Lipinski definition) is 8. The van der Waals surface area contributed by atoms with Crippen LogP contribution in [-0.4, -0.2) is 46.2 Å². The maximum atomic E-state index is 13.1. The summed E-state index contributed by atoms with van der Waals surface area (Å²) in [6.07, 6.45) is 3.59. The van der Waals surface area contributed by atoms with Gasteiger partial charge in [0, 0.05) is 39.5 Å². The van der Waals surface area contributed by atoms with Gasteiger partial charge in [0.1, 0.15) is 17.0 Å². The molecular weight excluding hydrogens is 618 g/mol. The fraction of sp³-hybridized carbons (Fsp3) is 0.417. The zero-order chi connectivity index (χ0) is 34.4. The van der Waals surface area contributed by atoms with Crippen LogP contribution >= 0.6 is 11.6 Å². The van der Waals surface area contributed by atoms with Crippen LogP contribution in [0.3, 0.4) is 0 Å². The minimum atomic E-state index is -0.733. The predicted octanol–water partition coefficient (Wildman–Crippen LogP) is 7.41. The van der Waals surface area contributed by atoms with Crippen molar-refractivity contribution in [1.29, 1.82) is 0 Å². The molecule has 0 atom stereocenters. The average molecular weight is 660 g/mol. The molecule has 1 aliphatic rings. The topological polar surface area (TPSA) is 145 Å². The van der Waals surface area contributed by atoms with E-state index in [-0.39, 0.29) is 23.7 Å². The van der Waals surface area contributed by atoms with Crippen LogP contribution in [0.1, 0.15) is 95.1 Å². The molecule has 11 heteroatoms. The second-order valence-corrected chi connectivity index (χ2v) is 14.0. The number of nitrogens with two attached hydrogens (primary N) is 1. The van der Waals surface area contributed by atoms with Gasteiger partial charge in [0.15, 0.2) is 5.78 Å². The Bertz CT molecular complexity index is 1680. The lowest BCUT2D eigenvalue weighted by molar-refractivity contribution is 0.0544. The monoisotopic (exact) mass is 659 g/mol. The fourth-order valence-electron chi connectivity index (χ4n) is 5.14. The van der Waals surface area contributed by atoms with Gasteiger partial charge in [0.2, 0.25) is 5.96 Å². The van der Waals surface area contributed by atoms with E-state index in [4.69, 9.17) is 26.8 Å². The zero-order valence-corrected chi connectivity index (χ0v) is 28.5. The van der Waals surface area contributed by atoms with E-state index in [0.717, 1.165) is 29.2 Å². The summed E-state index contributed by atoms with van der Waals surface area (Å²) in [5.74, 6) is 6.80. The number of carbonyl (C=O) groups is 3. The highest BCUT2D eigenvalue weighted by Crippen LogP contribution is 2.30. The van der Waals surface area contributed by atoms with Crippen LogP contribution in [0.2, 0.25) is 5.02 Å². The number of nitrogens with zero attached hydrogens (tertiary/aromatic N) is 2. The van der Waals surface area contributed by atoms with E-state index in [0.29, 0.717) is 41.2 Å². The van der Waals surface area contributed by atoms with Crippen LogP contribution in [0.25, 0.3) is 10.8 Å². The quantitative estimate of drug-likeness (QED) is 0.114. The first kappa shape index (κ1) is 35.2. The Morgan fingerprint density at radius 1 is 0.915 bits per heavy atom. The molecule has 4 rings (SSSR count). The highest BCUT2D eigenvalue weighted by atomic mass is 35.5. The molecule has 0 radical (unpaired) electrons. The third-order valence-corrected chi connectivity index (χ3v) is 7.50. The lowest BCUT2D eigenvalue weighted by Gasteiger charge is -2.27. The second kappa shape index (κ2) is 14.9. The van der Waals surface area contributed by atoms with Gasteiger partial charge in [-0.15, -0.1) is 0 Å². The SMILES string of the molecule is CC(C)(C)OC(=O)NC(=NC1CCC(CC(=O)c2ccc(C#Cc3c(N)ncc4ccc(Cl)cc34)cc2)CC1)NC(=O)OC(C)(C)C.